The first-order valence-corrected chi connectivity index (χ1v) is 5.64. The summed E-state index contributed by atoms with van der Waals surface area (Å²) >= 11 is 3.22. The van der Waals surface area contributed by atoms with Gasteiger partial charge in [0.15, 0.2) is 0 Å². The summed E-state index contributed by atoms with van der Waals surface area (Å²) < 4.78 is 10.6. The summed E-state index contributed by atoms with van der Waals surface area (Å²) in [6.45, 7) is 0. The van der Waals surface area contributed by atoms with Crippen molar-refractivity contribution in [1.82, 2.24) is 0 Å². The zero-order valence-corrected chi connectivity index (χ0v) is 8.44. The van der Waals surface area contributed by atoms with Crippen LogP contribution in [0.2, 0.25) is 0 Å². The highest BCUT2D eigenvalue weighted by Crippen LogP contribution is 2.16. The normalized spacial score (nSPS) is 9.54. The molecule has 0 aromatic carbocycles. The summed E-state index contributed by atoms with van der Waals surface area (Å²) in [5.41, 5.74) is 0. The lowest BCUT2D eigenvalue weighted by Gasteiger charge is -2.02. The topological polar surface area (TPSA) is 18.5 Å². The molecule has 0 amide bonds. The molecule has 2 aromatic rings. The van der Waals surface area contributed by atoms with Crippen LogP contribution < -0.4 is 9.31 Å². The Bertz CT molecular complexity index is 297. The average molecular weight is 210 g/mol. The minimum atomic E-state index is 0.271. The van der Waals surface area contributed by atoms with Gasteiger partial charge in [-0.25, -0.2) is 0 Å². The summed E-state index contributed by atoms with van der Waals surface area (Å²) in [4.78, 5) is 0. The number of hydrogen-bond donors (Lipinski definition) is 0. The third-order valence-corrected chi connectivity index (χ3v) is 2.76. The smallest absolute Gasteiger partial charge is 0.528 e. The quantitative estimate of drug-likeness (QED) is 0.722. The van der Waals surface area contributed by atoms with E-state index >= 15 is 0 Å². The van der Waals surface area contributed by atoms with Crippen molar-refractivity contribution in [2.45, 2.75) is 0 Å². The molecule has 2 rings (SSSR count). The Morgan fingerprint density at radius 1 is 0.923 bits per heavy atom. The molecule has 2 heterocycles. The fraction of sp³-hybridized carbons (Fsp3) is 0. The van der Waals surface area contributed by atoms with Crippen molar-refractivity contribution in [3.8, 4) is 11.5 Å². The van der Waals surface area contributed by atoms with Crippen LogP contribution in [0, 0.1) is 0 Å². The summed E-state index contributed by atoms with van der Waals surface area (Å²) in [5.74, 6) is 1.72. The highest BCUT2D eigenvalue weighted by Gasteiger charge is 1.98. The van der Waals surface area contributed by atoms with Crippen LogP contribution in [0.5, 0.6) is 11.5 Å². The van der Waals surface area contributed by atoms with E-state index in [1.165, 1.54) is 0 Å². The highest BCUT2D eigenvalue weighted by molar-refractivity contribution is 7.08. The van der Waals surface area contributed by atoms with Crippen LogP contribution in [-0.2, 0) is 0 Å². The van der Waals surface area contributed by atoms with E-state index in [0.717, 1.165) is 11.5 Å². The fourth-order valence-corrected chi connectivity index (χ4v) is 1.98. The largest absolute Gasteiger partial charge is 0.576 e. The first-order valence-electron chi connectivity index (χ1n) is 3.75. The van der Waals surface area contributed by atoms with Crippen LogP contribution in [0.3, 0.4) is 0 Å². The Hall–Kier alpha value is -0.935. The Balaban J connectivity index is 1.76. The van der Waals surface area contributed by atoms with Gasteiger partial charge in [-0.1, -0.05) is 0 Å². The van der Waals surface area contributed by atoms with Crippen LogP contribution in [0.4, 0.5) is 0 Å². The molecule has 0 aliphatic rings. The maximum absolute atomic E-state index is 5.31. The number of rotatable bonds is 4. The predicted octanol–water partition coefficient (Wildman–Crippen LogP) is 2.53. The summed E-state index contributed by atoms with van der Waals surface area (Å²) in [7, 11) is 0.271. The SMILES string of the molecule is B(Oc1ccsc1)Oc1ccsc1. The van der Waals surface area contributed by atoms with Crippen molar-refractivity contribution >= 4 is 30.4 Å². The lowest BCUT2D eigenvalue weighted by atomic mass is 10.3. The Labute approximate surface area is 85.1 Å². The second-order valence-electron chi connectivity index (χ2n) is 2.32. The fourth-order valence-electron chi connectivity index (χ4n) is 0.834. The molecular formula is C8H7BO2S2. The first-order chi connectivity index (χ1) is 6.45. The van der Waals surface area contributed by atoms with Crippen molar-refractivity contribution < 1.29 is 9.31 Å². The lowest BCUT2D eigenvalue weighted by Crippen LogP contribution is -2.09. The van der Waals surface area contributed by atoms with Gasteiger partial charge in [-0.05, 0) is 22.9 Å². The molecule has 0 saturated carbocycles. The molecule has 0 saturated heterocycles. The van der Waals surface area contributed by atoms with Crippen LogP contribution in [0.1, 0.15) is 0 Å². The number of thiophene rings is 2. The van der Waals surface area contributed by atoms with E-state index in [1.807, 2.05) is 33.7 Å². The lowest BCUT2D eigenvalue weighted by molar-refractivity contribution is 0.461. The molecule has 0 bridgehead atoms. The van der Waals surface area contributed by atoms with E-state index in [0.29, 0.717) is 0 Å². The van der Waals surface area contributed by atoms with E-state index in [9.17, 15) is 0 Å². The molecule has 0 radical (unpaired) electrons. The zero-order chi connectivity index (χ0) is 8.93. The van der Waals surface area contributed by atoms with Gasteiger partial charge in [-0.15, -0.1) is 22.7 Å². The second-order valence-corrected chi connectivity index (χ2v) is 3.88. The molecule has 0 fully saturated rings. The molecule has 66 valence electrons. The van der Waals surface area contributed by atoms with Gasteiger partial charge in [0.05, 0.1) is 0 Å². The molecule has 2 nitrogen and oxygen atoms in total. The second kappa shape index (κ2) is 4.34. The molecule has 0 N–H and O–H groups in total. The zero-order valence-electron chi connectivity index (χ0n) is 6.80. The third kappa shape index (κ3) is 2.50. The van der Waals surface area contributed by atoms with E-state index < -0.39 is 0 Å². The van der Waals surface area contributed by atoms with Gasteiger partial charge < -0.3 is 9.31 Å². The molecule has 5 heteroatoms. The van der Waals surface area contributed by atoms with E-state index in [1.54, 1.807) is 22.7 Å². The van der Waals surface area contributed by atoms with E-state index in [-0.39, 0.29) is 7.69 Å². The molecule has 0 spiro atoms. The molecule has 2 aromatic heterocycles. The summed E-state index contributed by atoms with van der Waals surface area (Å²) in [5, 5.41) is 7.83. The summed E-state index contributed by atoms with van der Waals surface area (Å²) in [6, 6.07) is 3.84. The Kier molecular flexibility index (Phi) is 2.89. The maximum atomic E-state index is 5.31. The highest BCUT2D eigenvalue weighted by atomic mass is 32.1. The van der Waals surface area contributed by atoms with Crippen molar-refractivity contribution in [2.75, 3.05) is 0 Å². The third-order valence-electron chi connectivity index (χ3n) is 1.44. The first kappa shape index (κ1) is 8.65. The monoisotopic (exact) mass is 210 g/mol. The molecular weight excluding hydrogens is 203 g/mol. The summed E-state index contributed by atoms with van der Waals surface area (Å²) in [6.07, 6.45) is 0. The van der Waals surface area contributed by atoms with E-state index in [4.69, 9.17) is 9.31 Å². The van der Waals surface area contributed by atoms with Gasteiger partial charge in [0.2, 0.25) is 0 Å². The standard InChI is InChI=1S/C8H7BO2S2/c1-3-12-5-7(1)10-9-11-8-2-4-13-6-8/h1-6,9H. The molecule has 0 aliphatic carbocycles. The van der Waals surface area contributed by atoms with Crippen LogP contribution >= 0.6 is 22.7 Å². The van der Waals surface area contributed by atoms with Crippen molar-refractivity contribution in [3.63, 3.8) is 0 Å². The van der Waals surface area contributed by atoms with Crippen LogP contribution in [0.15, 0.2) is 33.7 Å². The van der Waals surface area contributed by atoms with Crippen LogP contribution in [-0.4, -0.2) is 7.69 Å². The van der Waals surface area contributed by atoms with Gasteiger partial charge in [0, 0.05) is 10.8 Å². The van der Waals surface area contributed by atoms with Crippen molar-refractivity contribution in [1.29, 1.82) is 0 Å². The Morgan fingerprint density at radius 2 is 1.46 bits per heavy atom. The van der Waals surface area contributed by atoms with Gasteiger partial charge in [0.1, 0.15) is 11.5 Å². The predicted molar refractivity (Wildman–Crippen MR) is 57.0 cm³/mol. The van der Waals surface area contributed by atoms with Gasteiger partial charge in [-0.2, -0.15) is 0 Å². The van der Waals surface area contributed by atoms with Crippen molar-refractivity contribution in [2.24, 2.45) is 0 Å². The molecule has 13 heavy (non-hydrogen) atoms. The maximum Gasteiger partial charge on any atom is 0.576 e. The van der Waals surface area contributed by atoms with Crippen LogP contribution in [0.25, 0.3) is 0 Å². The van der Waals surface area contributed by atoms with Crippen molar-refractivity contribution in [3.05, 3.63) is 33.7 Å². The minimum Gasteiger partial charge on any atom is -0.528 e. The van der Waals surface area contributed by atoms with Gasteiger partial charge >= 0.3 is 7.69 Å². The molecule has 0 aliphatic heterocycles. The minimum absolute atomic E-state index is 0.271. The molecule has 0 unspecified atom stereocenters. The Morgan fingerprint density at radius 3 is 1.85 bits per heavy atom. The van der Waals surface area contributed by atoms with Gasteiger partial charge in [-0.3, -0.25) is 0 Å². The van der Waals surface area contributed by atoms with Gasteiger partial charge in [0.25, 0.3) is 0 Å². The average Bonchev–Trinajstić information content (AvgIpc) is 2.75. The molecule has 0 atom stereocenters. The van der Waals surface area contributed by atoms with E-state index in [2.05, 4.69) is 0 Å². The number of hydrogen-bond acceptors (Lipinski definition) is 4.